The van der Waals surface area contributed by atoms with E-state index in [0.29, 0.717) is 10.6 Å². The Morgan fingerprint density at radius 2 is 1.75 bits per heavy atom. The number of aliphatic hydroxyl groups is 1. The van der Waals surface area contributed by atoms with E-state index in [9.17, 15) is 36.9 Å². The number of fused-ring (bicyclic) bond motifs is 5. The maximum Gasteiger partial charge on any atom is 0.407 e. The Bertz CT molecular complexity index is 1300. The molecule has 9 nitrogen and oxygen atoms in total. The highest BCUT2D eigenvalue weighted by Gasteiger charge is 2.71. The van der Waals surface area contributed by atoms with Gasteiger partial charge in [-0.3, -0.25) is 8.75 Å². The van der Waals surface area contributed by atoms with Crippen LogP contribution in [0.15, 0.2) is 18.2 Å². The lowest BCUT2D eigenvalue weighted by Crippen LogP contribution is -2.47. The summed E-state index contributed by atoms with van der Waals surface area (Å²) in [4.78, 5) is 2.85. The summed E-state index contributed by atoms with van der Waals surface area (Å²) in [7, 11) is -4.07. The molecule has 1 fully saturated rings. The van der Waals surface area contributed by atoms with Gasteiger partial charge in [0.2, 0.25) is 11.8 Å². The molecule has 172 valence electrons. The minimum Gasteiger partial charge on any atom is -0.494 e. The Kier molecular flexibility index (Phi) is 4.47. The maximum atomic E-state index is 13.4. The molecular formula is C19H17F3N2O7S. The summed E-state index contributed by atoms with van der Waals surface area (Å²) < 4.78 is 75.1. The molecule has 13 heteroatoms. The number of hydrogen-bond acceptors (Lipinski definition) is 7. The zero-order chi connectivity index (χ0) is 24.0. The molecule has 4 atom stereocenters. The highest BCUT2D eigenvalue weighted by Crippen LogP contribution is 2.65. The van der Waals surface area contributed by atoms with Crippen LogP contribution in [0, 0.1) is 6.57 Å². The molecule has 2 aromatic rings. The van der Waals surface area contributed by atoms with Gasteiger partial charge in [0.1, 0.15) is 23.4 Å². The minimum absolute atomic E-state index is 0.110. The zero-order valence-electron chi connectivity index (χ0n) is 16.8. The van der Waals surface area contributed by atoms with Crippen LogP contribution in [-0.4, -0.2) is 46.8 Å². The van der Waals surface area contributed by atoms with Crippen molar-refractivity contribution in [2.24, 2.45) is 0 Å². The number of benzene rings is 1. The van der Waals surface area contributed by atoms with Crippen molar-refractivity contribution in [1.29, 1.82) is 0 Å². The molecule has 2 bridgehead atoms. The predicted molar refractivity (Wildman–Crippen MR) is 102 cm³/mol. The Morgan fingerprint density at radius 1 is 1.19 bits per heavy atom. The van der Waals surface area contributed by atoms with Crippen molar-refractivity contribution < 1.29 is 45.8 Å². The van der Waals surface area contributed by atoms with Crippen molar-refractivity contribution in [1.82, 2.24) is 4.57 Å². The van der Waals surface area contributed by atoms with Gasteiger partial charge in [0.15, 0.2) is 5.69 Å². The van der Waals surface area contributed by atoms with Gasteiger partial charge < -0.3 is 20.1 Å². The van der Waals surface area contributed by atoms with E-state index < -0.39 is 62.7 Å². The standard InChI is InChI=1S/C19H17F3N2O7S/c1-17-11-12(18(2,31-17)14(13(17)25)30-32(4,28)29)16(27)24(15(11)26)8-5-6-10(23-3)9(7-8)19(20,21)22/h5-7,13-14,25-27H,1-2,4H3/t13-,14-,17?,18?/m1/s1. The molecule has 1 aromatic heterocycles. The molecule has 0 amide bonds. The fourth-order valence-electron chi connectivity index (χ4n) is 4.59. The summed E-state index contributed by atoms with van der Waals surface area (Å²) in [6.07, 6.45) is -7.20. The van der Waals surface area contributed by atoms with Crippen LogP contribution in [0.5, 0.6) is 11.8 Å². The number of hydrogen-bond donors (Lipinski definition) is 3. The minimum atomic E-state index is -4.87. The second-order valence-corrected chi connectivity index (χ2v) is 9.63. The van der Waals surface area contributed by atoms with E-state index >= 15 is 0 Å². The molecule has 2 unspecified atom stereocenters. The summed E-state index contributed by atoms with van der Waals surface area (Å²) in [5.74, 6) is -1.43. The lowest BCUT2D eigenvalue weighted by atomic mass is 9.76. The molecule has 2 aliphatic rings. The average molecular weight is 474 g/mol. The van der Waals surface area contributed by atoms with E-state index in [4.69, 9.17) is 15.5 Å². The molecule has 0 radical (unpaired) electrons. The quantitative estimate of drug-likeness (QED) is 0.462. The first-order chi connectivity index (χ1) is 14.6. The second-order valence-electron chi connectivity index (χ2n) is 8.03. The Labute approximate surface area is 180 Å². The van der Waals surface area contributed by atoms with Gasteiger partial charge in [-0.25, -0.2) is 4.85 Å². The molecule has 32 heavy (non-hydrogen) atoms. The van der Waals surface area contributed by atoms with Crippen LogP contribution in [0.3, 0.4) is 0 Å². The number of aliphatic hydroxyl groups excluding tert-OH is 1. The fourth-order valence-corrected chi connectivity index (χ4v) is 5.26. The molecule has 0 saturated carbocycles. The molecule has 1 aromatic carbocycles. The Hall–Kier alpha value is -2.79. The van der Waals surface area contributed by atoms with E-state index in [1.165, 1.54) is 13.8 Å². The first-order valence-electron chi connectivity index (χ1n) is 9.09. The monoisotopic (exact) mass is 474 g/mol. The number of halogens is 3. The van der Waals surface area contributed by atoms with E-state index in [0.717, 1.165) is 18.4 Å². The molecule has 2 aliphatic heterocycles. The number of nitrogens with zero attached hydrogens (tertiary/aromatic N) is 2. The Balaban J connectivity index is 1.96. The van der Waals surface area contributed by atoms with Crippen LogP contribution in [-0.2, 0) is 36.4 Å². The highest BCUT2D eigenvalue weighted by molar-refractivity contribution is 7.86. The molecule has 3 heterocycles. The SMILES string of the molecule is [C-]#[N+]c1ccc(-n2c(O)c3c(c2O)C2(C)OC3(C)[C@H](O)[C@H]2OS(C)(=O)=O)cc1C(F)(F)F. The van der Waals surface area contributed by atoms with Gasteiger partial charge in [-0.05, 0) is 26.0 Å². The first-order valence-corrected chi connectivity index (χ1v) is 10.9. The van der Waals surface area contributed by atoms with Crippen molar-refractivity contribution in [2.45, 2.75) is 43.4 Å². The fraction of sp³-hybridized carbons (Fsp3) is 0.421. The van der Waals surface area contributed by atoms with E-state index in [-0.39, 0.29) is 16.8 Å². The lowest BCUT2D eigenvalue weighted by molar-refractivity contribution is -0.136. The van der Waals surface area contributed by atoms with Crippen molar-refractivity contribution in [2.75, 3.05) is 6.26 Å². The van der Waals surface area contributed by atoms with Crippen LogP contribution in [0.2, 0.25) is 0 Å². The van der Waals surface area contributed by atoms with Gasteiger partial charge in [0.25, 0.3) is 10.1 Å². The van der Waals surface area contributed by atoms with Gasteiger partial charge in [-0.2, -0.15) is 21.6 Å². The molecule has 4 rings (SSSR count). The average Bonchev–Trinajstić information content (AvgIpc) is 3.15. The van der Waals surface area contributed by atoms with Gasteiger partial charge in [-0.1, -0.05) is 6.07 Å². The topological polar surface area (TPSA) is 123 Å². The number of alkyl halides is 3. The van der Waals surface area contributed by atoms with Crippen LogP contribution >= 0.6 is 0 Å². The first kappa shape index (κ1) is 22.4. The highest BCUT2D eigenvalue weighted by atomic mass is 32.2. The van der Waals surface area contributed by atoms with Crippen molar-refractivity contribution in [3.63, 3.8) is 0 Å². The van der Waals surface area contributed by atoms with Crippen LogP contribution in [0.1, 0.15) is 30.5 Å². The second kappa shape index (κ2) is 6.38. The third kappa shape index (κ3) is 2.83. The van der Waals surface area contributed by atoms with Crippen molar-refractivity contribution >= 4 is 15.8 Å². The summed E-state index contributed by atoms with van der Waals surface area (Å²) in [5.41, 5.74) is -5.96. The molecule has 3 N–H and O–H groups in total. The van der Waals surface area contributed by atoms with E-state index in [1.807, 2.05) is 0 Å². The third-order valence-corrected chi connectivity index (χ3v) is 6.43. The van der Waals surface area contributed by atoms with Gasteiger partial charge in [0.05, 0.1) is 35.2 Å². The number of rotatable bonds is 3. The summed E-state index contributed by atoms with van der Waals surface area (Å²) in [5, 5.41) is 32.5. The Morgan fingerprint density at radius 3 is 2.25 bits per heavy atom. The van der Waals surface area contributed by atoms with Crippen molar-refractivity contribution in [3.8, 4) is 17.4 Å². The van der Waals surface area contributed by atoms with Gasteiger partial charge in [-0.15, -0.1) is 0 Å². The van der Waals surface area contributed by atoms with Crippen LogP contribution < -0.4 is 0 Å². The lowest BCUT2D eigenvalue weighted by Gasteiger charge is -2.32. The van der Waals surface area contributed by atoms with E-state index in [2.05, 4.69) is 4.85 Å². The zero-order valence-corrected chi connectivity index (χ0v) is 17.6. The summed E-state index contributed by atoms with van der Waals surface area (Å²) in [6.45, 7) is 9.60. The van der Waals surface area contributed by atoms with Gasteiger partial charge in [0, 0.05) is 0 Å². The summed E-state index contributed by atoms with van der Waals surface area (Å²) in [6, 6.07) is 2.59. The molecule has 0 spiro atoms. The maximum absolute atomic E-state index is 13.4. The molecule has 0 aliphatic carbocycles. The van der Waals surface area contributed by atoms with E-state index in [1.54, 1.807) is 0 Å². The largest absolute Gasteiger partial charge is 0.494 e. The number of ether oxygens (including phenoxy) is 1. The number of aromatic hydroxyl groups is 2. The molecule has 1 saturated heterocycles. The smallest absolute Gasteiger partial charge is 0.407 e. The summed E-state index contributed by atoms with van der Waals surface area (Å²) >= 11 is 0. The van der Waals surface area contributed by atoms with Crippen LogP contribution in [0.4, 0.5) is 18.9 Å². The third-order valence-electron chi connectivity index (χ3n) is 5.87. The van der Waals surface area contributed by atoms with Crippen LogP contribution in [0.25, 0.3) is 10.5 Å². The van der Waals surface area contributed by atoms with Crippen molar-refractivity contribution in [3.05, 3.63) is 46.3 Å². The van der Waals surface area contributed by atoms with Gasteiger partial charge >= 0.3 is 6.18 Å². The molecular weight excluding hydrogens is 457 g/mol. The number of aromatic nitrogens is 1. The predicted octanol–water partition coefficient (Wildman–Crippen LogP) is 2.64. The normalized spacial score (nSPS) is 29.2.